The van der Waals surface area contributed by atoms with Gasteiger partial charge in [-0.1, -0.05) is 36.4 Å². The van der Waals surface area contributed by atoms with E-state index in [-0.39, 0.29) is 12.5 Å². The number of benzene rings is 2. The lowest BCUT2D eigenvalue weighted by Crippen LogP contribution is -2.21. The fourth-order valence-electron chi connectivity index (χ4n) is 2.11. The van der Waals surface area contributed by atoms with E-state index in [2.05, 4.69) is 20.7 Å². The number of carbonyl (C=O) groups excluding carboxylic acids is 1. The van der Waals surface area contributed by atoms with Crippen LogP contribution in [0.3, 0.4) is 0 Å². The summed E-state index contributed by atoms with van der Waals surface area (Å²) < 4.78 is 0. The summed E-state index contributed by atoms with van der Waals surface area (Å²) in [4.78, 5) is 13.4. The van der Waals surface area contributed by atoms with Crippen molar-refractivity contribution in [1.29, 1.82) is 0 Å². The first-order chi connectivity index (χ1) is 11.1. The lowest BCUT2D eigenvalue weighted by atomic mass is 10.2. The van der Waals surface area contributed by atoms with Crippen LogP contribution in [0.2, 0.25) is 0 Å². The number of anilines is 2. The molecule has 0 unspecified atom stereocenters. The van der Waals surface area contributed by atoms with Crippen molar-refractivity contribution in [2.24, 2.45) is 0 Å². The van der Waals surface area contributed by atoms with E-state index in [1.807, 2.05) is 43.3 Å². The smallest absolute Gasteiger partial charge is 0.248 e. The minimum atomic E-state index is -0.240. The van der Waals surface area contributed by atoms with E-state index in [9.17, 15) is 4.79 Å². The molecule has 0 spiro atoms. The summed E-state index contributed by atoms with van der Waals surface area (Å²) in [5, 5.41) is 14.9. The number of nitrogens with two attached hydrogens (primary N) is 1. The first-order valence-corrected chi connectivity index (χ1v) is 7.11. The van der Waals surface area contributed by atoms with Crippen molar-refractivity contribution in [1.82, 2.24) is 20.2 Å². The van der Waals surface area contributed by atoms with Crippen molar-refractivity contribution in [3.8, 4) is 11.4 Å². The maximum Gasteiger partial charge on any atom is 0.248 e. The zero-order valence-electron chi connectivity index (χ0n) is 12.6. The molecule has 23 heavy (non-hydrogen) atoms. The monoisotopic (exact) mass is 308 g/mol. The number of nitrogens with one attached hydrogen (secondary N) is 1. The van der Waals surface area contributed by atoms with Gasteiger partial charge in [-0.3, -0.25) is 4.79 Å². The number of rotatable bonds is 4. The van der Waals surface area contributed by atoms with Crippen LogP contribution in [-0.2, 0) is 11.3 Å². The van der Waals surface area contributed by atoms with Crippen molar-refractivity contribution in [2.45, 2.75) is 13.5 Å². The molecule has 1 amide bonds. The number of nitrogens with zero attached hydrogens (tertiary/aromatic N) is 4. The summed E-state index contributed by atoms with van der Waals surface area (Å²) in [5.41, 5.74) is 8.79. The summed E-state index contributed by atoms with van der Waals surface area (Å²) in [6.07, 6.45) is 0. The Morgan fingerprint density at radius 2 is 2.00 bits per heavy atom. The molecule has 3 rings (SSSR count). The highest BCUT2D eigenvalue weighted by Crippen LogP contribution is 2.18. The van der Waals surface area contributed by atoms with Gasteiger partial charge in [-0.2, -0.15) is 4.80 Å². The highest BCUT2D eigenvalue weighted by molar-refractivity contribution is 5.91. The Bertz CT molecular complexity index is 828. The van der Waals surface area contributed by atoms with E-state index in [1.54, 1.807) is 12.1 Å². The third-order valence-electron chi connectivity index (χ3n) is 3.31. The van der Waals surface area contributed by atoms with Crippen molar-refractivity contribution in [3.63, 3.8) is 0 Å². The first-order valence-electron chi connectivity index (χ1n) is 7.11. The van der Waals surface area contributed by atoms with Crippen molar-refractivity contribution < 1.29 is 4.79 Å². The molecule has 0 saturated heterocycles. The summed E-state index contributed by atoms with van der Waals surface area (Å²) in [5.74, 6) is 0.245. The van der Waals surface area contributed by atoms with Gasteiger partial charge in [0.25, 0.3) is 0 Å². The van der Waals surface area contributed by atoms with Gasteiger partial charge in [-0.15, -0.1) is 10.2 Å². The topological polar surface area (TPSA) is 98.7 Å². The molecule has 0 radical (unpaired) electrons. The summed E-state index contributed by atoms with van der Waals surface area (Å²) in [6.45, 7) is 1.88. The van der Waals surface area contributed by atoms with E-state index in [1.165, 1.54) is 4.80 Å². The summed E-state index contributed by atoms with van der Waals surface area (Å²) >= 11 is 0. The molecular formula is C16H16N6O. The van der Waals surface area contributed by atoms with Crippen LogP contribution < -0.4 is 11.1 Å². The van der Waals surface area contributed by atoms with Crippen LogP contribution in [-0.4, -0.2) is 26.1 Å². The molecule has 1 aromatic heterocycles. The zero-order chi connectivity index (χ0) is 16.2. The van der Waals surface area contributed by atoms with Crippen LogP contribution >= 0.6 is 0 Å². The van der Waals surface area contributed by atoms with Gasteiger partial charge >= 0.3 is 0 Å². The average molecular weight is 308 g/mol. The van der Waals surface area contributed by atoms with Gasteiger partial charge in [0.05, 0.1) is 0 Å². The van der Waals surface area contributed by atoms with E-state index >= 15 is 0 Å². The van der Waals surface area contributed by atoms with Gasteiger partial charge in [0.15, 0.2) is 0 Å². The number of hydrogen-bond acceptors (Lipinski definition) is 5. The third kappa shape index (κ3) is 3.52. The molecule has 0 aliphatic carbocycles. The molecule has 2 aromatic carbocycles. The van der Waals surface area contributed by atoms with Gasteiger partial charge in [0, 0.05) is 16.9 Å². The Hall–Kier alpha value is -3.22. The van der Waals surface area contributed by atoms with Crippen LogP contribution in [0.4, 0.5) is 11.4 Å². The van der Waals surface area contributed by atoms with E-state index in [4.69, 9.17) is 5.73 Å². The number of aryl methyl sites for hydroxylation is 1. The fraction of sp³-hybridized carbons (Fsp3) is 0.125. The lowest BCUT2D eigenvalue weighted by Gasteiger charge is -2.08. The van der Waals surface area contributed by atoms with Crippen LogP contribution in [0.25, 0.3) is 11.4 Å². The Morgan fingerprint density at radius 3 is 2.78 bits per heavy atom. The standard InChI is InChI=1S/C16H16N6O/c1-11-7-8-13(17)9-14(11)18-15(23)10-22-20-16(19-21-22)12-5-3-2-4-6-12/h2-9H,10,17H2,1H3,(H,18,23). The second kappa shape index (κ2) is 6.27. The predicted molar refractivity (Wildman–Crippen MR) is 87.5 cm³/mol. The molecule has 3 N–H and O–H groups in total. The molecule has 3 aromatic rings. The molecule has 0 bridgehead atoms. The molecular weight excluding hydrogens is 292 g/mol. The molecule has 1 heterocycles. The second-order valence-electron chi connectivity index (χ2n) is 5.13. The maximum atomic E-state index is 12.1. The van der Waals surface area contributed by atoms with Gasteiger partial charge in [0.1, 0.15) is 6.54 Å². The van der Waals surface area contributed by atoms with Crippen LogP contribution in [0.5, 0.6) is 0 Å². The Labute approximate surface area is 133 Å². The highest BCUT2D eigenvalue weighted by atomic mass is 16.2. The average Bonchev–Trinajstić information content (AvgIpc) is 3.00. The molecule has 0 aliphatic rings. The number of nitrogen functional groups attached to an aromatic ring is 1. The Kier molecular flexibility index (Phi) is 4.01. The molecule has 7 nitrogen and oxygen atoms in total. The van der Waals surface area contributed by atoms with Gasteiger partial charge in [-0.05, 0) is 29.8 Å². The van der Waals surface area contributed by atoms with Gasteiger partial charge < -0.3 is 11.1 Å². The fourth-order valence-corrected chi connectivity index (χ4v) is 2.11. The van der Waals surface area contributed by atoms with Crippen molar-refractivity contribution >= 4 is 17.3 Å². The minimum absolute atomic E-state index is 0.0198. The van der Waals surface area contributed by atoms with Crippen LogP contribution in [0, 0.1) is 6.92 Å². The highest BCUT2D eigenvalue weighted by Gasteiger charge is 2.10. The van der Waals surface area contributed by atoms with Gasteiger partial charge in [-0.25, -0.2) is 0 Å². The number of carbonyl (C=O) groups is 1. The van der Waals surface area contributed by atoms with Crippen LogP contribution in [0.1, 0.15) is 5.56 Å². The first kappa shape index (κ1) is 14.7. The maximum absolute atomic E-state index is 12.1. The summed E-state index contributed by atoms with van der Waals surface area (Å²) in [6, 6.07) is 14.8. The zero-order valence-corrected chi connectivity index (χ0v) is 12.6. The summed E-state index contributed by atoms with van der Waals surface area (Å²) in [7, 11) is 0. The van der Waals surface area contributed by atoms with Gasteiger partial charge in [0.2, 0.25) is 11.7 Å². The van der Waals surface area contributed by atoms with E-state index in [0.717, 1.165) is 11.1 Å². The van der Waals surface area contributed by atoms with Crippen molar-refractivity contribution in [2.75, 3.05) is 11.1 Å². The molecule has 0 aliphatic heterocycles. The number of amides is 1. The number of tetrazole rings is 1. The minimum Gasteiger partial charge on any atom is -0.399 e. The largest absolute Gasteiger partial charge is 0.399 e. The molecule has 0 saturated carbocycles. The number of hydrogen-bond donors (Lipinski definition) is 2. The van der Waals surface area contributed by atoms with Crippen LogP contribution in [0.15, 0.2) is 48.5 Å². The molecule has 7 heteroatoms. The number of aromatic nitrogens is 4. The lowest BCUT2D eigenvalue weighted by molar-refractivity contribution is -0.117. The second-order valence-corrected chi connectivity index (χ2v) is 5.13. The molecule has 0 fully saturated rings. The molecule has 116 valence electrons. The Balaban J connectivity index is 1.69. The van der Waals surface area contributed by atoms with E-state index in [0.29, 0.717) is 17.2 Å². The predicted octanol–water partition coefficient (Wildman–Crippen LogP) is 1.87. The normalized spacial score (nSPS) is 10.5. The molecule has 0 atom stereocenters. The third-order valence-corrected chi connectivity index (χ3v) is 3.31. The van der Waals surface area contributed by atoms with Crippen molar-refractivity contribution in [3.05, 3.63) is 54.1 Å². The SMILES string of the molecule is Cc1ccc(N)cc1NC(=O)Cn1nnc(-c2ccccc2)n1. The van der Waals surface area contributed by atoms with E-state index < -0.39 is 0 Å². The Morgan fingerprint density at radius 1 is 1.22 bits per heavy atom. The quantitative estimate of drug-likeness (QED) is 0.717.